The summed E-state index contributed by atoms with van der Waals surface area (Å²) in [5.74, 6) is 0.579. The van der Waals surface area contributed by atoms with Crippen molar-refractivity contribution in [3.05, 3.63) is 30.1 Å². The van der Waals surface area contributed by atoms with Crippen LogP contribution in [0.25, 0.3) is 0 Å². The molecular formula is C16H23N3O2. The number of amides is 1. The fourth-order valence-corrected chi connectivity index (χ4v) is 3.34. The lowest BCUT2D eigenvalue weighted by molar-refractivity contribution is -0.137. The van der Waals surface area contributed by atoms with Crippen molar-refractivity contribution in [3.8, 4) is 0 Å². The minimum Gasteiger partial charge on any atom is -0.378 e. The molecule has 2 aliphatic rings. The molecule has 0 aromatic carbocycles. The lowest BCUT2D eigenvalue weighted by atomic mass is 9.79. The fourth-order valence-electron chi connectivity index (χ4n) is 3.34. The van der Waals surface area contributed by atoms with Crippen molar-refractivity contribution < 1.29 is 9.53 Å². The van der Waals surface area contributed by atoms with Crippen LogP contribution in [0.1, 0.15) is 18.5 Å². The van der Waals surface area contributed by atoms with Crippen molar-refractivity contribution in [3.63, 3.8) is 0 Å². The Labute approximate surface area is 125 Å². The number of pyridine rings is 1. The molecule has 5 heteroatoms. The Morgan fingerprint density at radius 1 is 1.43 bits per heavy atom. The first-order chi connectivity index (χ1) is 10.3. The van der Waals surface area contributed by atoms with Crippen LogP contribution in [0.5, 0.6) is 0 Å². The molecule has 3 heterocycles. The monoisotopic (exact) mass is 289 g/mol. The quantitative estimate of drug-likeness (QED) is 0.859. The van der Waals surface area contributed by atoms with Crippen molar-refractivity contribution in [2.24, 2.45) is 11.8 Å². The second-order valence-electron chi connectivity index (χ2n) is 5.82. The molecule has 0 aliphatic carbocycles. The maximum Gasteiger partial charge on any atom is 0.223 e. The Hall–Kier alpha value is -1.46. The van der Waals surface area contributed by atoms with Gasteiger partial charge in [-0.05, 0) is 31.5 Å². The number of ether oxygens (including phenoxy) is 1. The van der Waals surface area contributed by atoms with Gasteiger partial charge in [0.25, 0.3) is 0 Å². The highest BCUT2D eigenvalue weighted by molar-refractivity contribution is 5.79. The van der Waals surface area contributed by atoms with Crippen LogP contribution in [0.15, 0.2) is 24.4 Å². The average molecular weight is 289 g/mol. The molecule has 21 heavy (non-hydrogen) atoms. The summed E-state index contributed by atoms with van der Waals surface area (Å²) in [5.41, 5.74) is 1.02. The van der Waals surface area contributed by atoms with E-state index in [4.69, 9.17) is 4.74 Å². The summed E-state index contributed by atoms with van der Waals surface area (Å²) in [7, 11) is 0. The second kappa shape index (κ2) is 7.00. The van der Waals surface area contributed by atoms with Gasteiger partial charge < -0.3 is 15.4 Å². The molecule has 0 unspecified atom stereocenters. The molecule has 2 aliphatic heterocycles. The van der Waals surface area contributed by atoms with Gasteiger partial charge in [-0.15, -0.1) is 0 Å². The number of aromatic nitrogens is 1. The molecule has 1 aromatic rings. The number of hydrogen-bond acceptors (Lipinski definition) is 4. The summed E-state index contributed by atoms with van der Waals surface area (Å²) in [4.78, 5) is 16.7. The van der Waals surface area contributed by atoms with Crippen molar-refractivity contribution in [1.82, 2.24) is 15.6 Å². The first-order valence-corrected chi connectivity index (χ1v) is 7.84. The van der Waals surface area contributed by atoms with Crippen LogP contribution in [-0.2, 0) is 16.0 Å². The Bertz CT molecular complexity index is 464. The van der Waals surface area contributed by atoms with Gasteiger partial charge in [-0.3, -0.25) is 9.78 Å². The number of rotatable bonds is 4. The zero-order valence-electron chi connectivity index (χ0n) is 12.3. The van der Waals surface area contributed by atoms with E-state index in [1.807, 2.05) is 18.2 Å². The number of nitrogens with zero attached hydrogens (tertiary/aromatic N) is 1. The van der Waals surface area contributed by atoms with E-state index in [-0.39, 0.29) is 17.9 Å². The maximum absolute atomic E-state index is 12.4. The van der Waals surface area contributed by atoms with Gasteiger partial charge in [0, 0.05) is 49.8 Å². The predicted molar refractivity (Wildman–Crippen MR) is 79.8 cm³/mol. The SMILES string of the molecule is O=C(NCCc1ccccn1)[C@@H]1CCO[C@@H]2CCNC[C@H]21. The van der Waals surface area contributed by atoms with E-state index >= 15 is 0 Å². The molecule has 0 radical (unpaired) electrons. The van der Waals surface area contributed by atoms with Gasteiger partial charge in [-0.1, -0.05) is 6.07 Å². The number of fused-ring (bicyclic) bond motifs is 1. The summed E-state index contributed by atoms with van der Waals surface area (Å²) in [6, 6.07) is 5.86. The predicted octanol–water partition coefficient (Wildman–Crippen LogP) is 0.755. The molecule has 3 atom stereocenters. The van der Waals surface area contributed by atoms with Gasteiger partial charge in [-0.25, -0.2) is 0 Å². The van der Waals surface area contributed by atoms with E-state index < -0.39 is 0 Å². The highest BCUT2D eigenvalue weighted by Crippen LogP contribution is 2.30. The topological polar surface area (TPSA) is 63.2 Å². The third-order valence-corrected chi connectivity index (χ3v) is 4.48. The van der Waals surface area contributed by atoms with Crippen LogP contribution in [0.4, 0.5) is 0 Å². The van der Waals surface area contributed by atoms with Crippen molar-refractivity contribution in [1.29, 1.82) is 0 Å². The third kappa shape index (κ3) is 3.60. The zero-order chi connectivity index (χ0) is 14.5. The van der Waals surface area contributed by atoms with Crippen molar-refractivity contribution in [2.75, 3.05) is 26.2 Å². The molecule has 2 N–H and O–H groups in total. The third-order valence-electron chi connectivity index (χ3n) is 4.48. The van der Waals surface area contributed by atoms with E-state index in [9.17, 15) is 4.79 Å². The molecule has 2 saturated heterocycles. The van der Waals surface area contributed by atoms with E-state index in [0.717, 1.165) is 38.0 Å². The average Bonchev–Trinajstić information content (AvgIpc) is 2.55. The molecule has 2 fully saturated rings. The Balaban J connectivity index is 1.50. The van der Waals surface area contributed by atoms with E-state index in [0.29, 0.717) is 19.1 Å². The van der Waals surface area contributed by atoms with E-state index in [1.165, 1.54) is 0 Å². The first-order valence-electron chi connectivity index (χ1n) is 7.84. The number of hydrogen-bond donors (Lipinski definition) is 2. The van der Waals surface area contributed by atoms with E-state index in [1.54, 1.807) is 6.20 Å². The highest BCUT2D eigenvalue weighted by atomic mass is 16.5. The molecule has 3 rings (SSSR count). The first kappa shape index (κ1) is 14.5. The van der Waals surface area contributed by atoms with Gasteiger partial charge in [0.05, 0.1) is 6.10 Å². The van der Waals surface area contributed by atoms with E-state index in [2.05, 4.69) is 15.6 Å². The Morgan fingerprint density at radius 3 is 3.24 bits per heavy atom. The standard InChI is InChI=1S/C16H23N3O2/c20-16(19-9-4-12-3-1-2-7-18-12)13-6-10-21-15-5-8-17-11-14(13)15/h1-3,7,13-15,17H,4-6,8-11H2,(H,19,20)/t13-,14+,15-/m1/s1. The van der Waals surface area contributed by atoms with Gasteiger partial charge in [0.1, 0.15) is 0 Å². The van der Waals surface area contributed by atoms with Gasteiger partial charge >= 0.3 is 0 Å². The maximum atomic E-state index is 12.4. The van der Waals surface area contributed by atoms with Gasteiger partial charge in [0.2, 0.25) is 5.91 Å². The van der Waals surface area contributed by atoms with Gasteiger partial charge in [-0.2, -0.15) is 0 Å². The highest BCUT2D eigenvalue weighted by Gasteiger charge is 2.39. The Kier molecular flexibility index (Phi) is 4.83. The normalized spacial score (nSPS) is 28.7. The molecule has 0 bridgehead atoms. The number of nitrogens with one attached hydrogen (secondary N) is 2. The molecular weight excluding hydrogens is 266 g/mol. The molecule has 0 saturated carbocycles. The molecule has 0 spiro atoms. The Morgan fingerprint density at radius 2 is 2.38 bits per heavy atom. The molecule has 1 amide bonds. The summed E-state index contributed by atoms with van der Waals surface area (Å²) in [5, 5.41) is 6.45. The number of piperidine rings is 1. The van der Waals surface area contributed by atoms with Crippen LogP contribution in [0.3, 0.4) is 0 Å². The van der Waals surface area contributed by atoms with Crippen molar-refractivity contribution >= 4 is 5.91 Å². The number of carbonyl (C=O) groups excluding carboxylic acids is 1. The zero-order valence-corrected chi connectivity index (χ0v) is 12.3. The minimum absolute atomic E-state index is 0.0836. The van der Waals surface area contributed by atoms with Crippen LogP contribution >= 0.6 is 0 Å². The van der Waals surface area contributed by atoms with Gasteiger partial charge in [0.15, 0.2) is 0 Å². The van der Waals surface area contributed by atoms with Crippen molar-refractivity contribution in [2.45, 2.75) is 25.4 Å². The summed E-state index contributed by atoms with van der Waals surface area (Å²) in [6.45, 7) is 3.25. The lowest BCUT2D eigenvalue weighted by Gasteiger charge is -2.40. The molecule has 1 aromatic heterocycles. The molecule has 114 valence electrons. The minimum atomic E-state index is 0.0836. The summed E-state index contributed by atoms with van der Waals surface area (Å²) >= 11 is 0. The van der Waals surface area contributed by atoms with Crippen LogP contribution in [-0.4, -0.2) is 43.2 Å². The van der Waals surface area contributed by atoms with Crippen LogP contribution in [0, 0.1) is 11.8 Å². The second-order valence-corrected chi connectivity index (χ2v) is 5.82. The lowest BCUT2D eigenvalue weighted by Crippen LogP contribution is -2.52. The van der Waals surface area contributed by atoms with Crippen LogP contribution in [0.2, 0.25) is 0 Å². The van der Waals surface area contributed by atoms with Crippen LogP contribution < -0.4 is 10.6 Å². The summed E-state index contributed by atoms with van der Waals surface area (Å²) in [6.07, 6.45) is 4.67. The number of carbonyl (C=O) groups is 1. The summed E-state index contributed by atoms with van der Waals surface area (Å²) < 4.78 is 5.81. The smallest absolute Gasteiger partial charge is 0.223 e. The largest absolute Gasteiger partial charge is 0.378 e. The fraction of sp³-hybridized carbons (Fsp3) is 0.625. The molecule has 5 nitrogen and oxygen atoms in total.